The van der Waals surface area contributed by atoms with Gasteiger partial charge in [0.15, 0.2) is 5.82 Å². The number of hydrogen-bond donors (Lipinski definition) is 3. The maximum atomic E-state index is 12.7. The zero-order chi connectivity index (χ0) is 25.0. The average Bonchev–Trinajstić information content (AvgIpc) is 3.20. The van der Waals surface area contributed by atoms with Gasteiger partial charge in [0.2, 0.25) is 5.82 Å². The molecular formula is C21H32N6O4S2. The fourth-order valence-electron chi connectivity index (χ4n) is 2.83. The van der Waals surface area contributed by atoms with Crippen molar-refractivity contribution in [1.29, 1.82) is 0 Å². The quantitative estimate of drug-likeness (QED) is 0.475. The summed E-state index contributed by atoms with van der Waals surface area (Å²) in [5.74, 6) is -0.430. The van der Waals surface area contributed by atoms with Crippen molar-refractivity contribution in [2.24, 2.45) is 14.1 Å². The lowest BCUT2D eigenvalue weighted by molar-refractivity contribution is 0.0634. The van der Waals surface area contributed by atoms with E-state index in [9.17, 15) is 14.4 Å². The molecular weight excluding hydrogens is 464 g/mol. The molecule has 3 amide bonds. The minimum Gasteiger partial charge on any atom is -0.444 e. The van der Waals surface area contributed by atoms with Crippen LogP contribution in [0.25, 0.3) is 0 Å². The third kappa shape index (κ3) is 8.04. The summed E-state index contributed by atoms with van der Waals surface area (Å²) in [7, 11) is 6.71. The van der Waals surface area contributed by atoms with Crippen LogP contribution in [-0.4, -0.2) is 55.2 Å². The van der Waals surface area contributed by atoms with Gasteiger partial charge in [0.25, 0.3) is 11.8 Å². The third-order valence-corrected chi connectivity index (χ3v) is 6.80. The number of amides is 3. The standard InChI is InChI=1S/C21H32N6O4S2/c1-20(2,3)31-19(30)25-15-11-27(7)16(24-15)18(29)23-13-9-14(26(6)10-13)17(28)22-12-21(4,5)33-32-8/h9-11H,12H2,1-8H3,(H,22,28)(H,23,29)(H,25,30). The number of carbonyl (C=O) groups is 3. The molecule has 10 nitrogen and oxygen atoms in total. The predicted molar refractivity (Wildman–Crippen MR) is 134 cm³/mol. The molecule has 33 heavy (non-hydrogen) atoms. The number of nitrogens with zero attached hydrogens (tertiary/aromatic N) is 3. The number of imidazole rings is 1. The topological polar surface area (TPSA) is 119 Å². The lowest BCUT2D eigenvalue weighted by Crippen LogP contribution is -2.36. The second kappa shape index (κ2) is 10.6. The average molecular weight is 497 g/mol. The number of aryl methyl sites for hydroxylation is 2. The van der Waals surface area contributed by atoms with Crippen LogP contribution >= 0.6 is 21.6 Å². The number of hydrogen-bond acceptors (Lipinski definition) is 7. The lowest BCUT2D eigenvalue weighted by Gasteiger charge is -2.22. The van der Waals surface area contributed by atoms with Crippen LogP contribution in [0.2, 0.25) is 0 Å². The molecule has 12 heteroatoms. The number of ether oxygens (including phenoxy) is 1. The van der Waals surface area contributed by atoms with Gasteiger partial charge < -0.3 is 24.5 Å². The summed E-state index contributed by atoms with van der Waals surface area (Å²) in [6.45, 7) is 9.88. The lowest BCUT2D eigenvalue weighted by atomic mass is 10.2. The fraction of sp³-hybridized carbons (Fsp3) is 0.524. The third-order valence-electron chi connectivity index (χ3n) is 4.19. The van der Waals surface area contributed by atoms with E-state index in [0.717, 1.165) is 0 Å². The second-order valence-corrected chi connectivity index (χ2v) is 12.2. The van der Waals surface area contributed by atoms with E-state index >= 15 is 0 Å². The molecule has 3 N–H and O–H groups in total. The van der Waals surface area contributed by atoms with Crippen molar-refractivity contribution in [3.05, 3.63) is 30.0 Å². The molecule has 0 bridgehead atoms. The van der Waals surface area contributed by atoms with E-state index in [4.69, 9.17) is 4.74 Å². The highest BCUT2D eigenvalue weighted by Gasteiger charge is 2.22. The van der Waals surface area contributed by atoms with E-state index in [1.807, 2.05) is 6.26 Å². The smallest absolute Gasteiger partial charge is 0.413 e. The van der Waals surface area contributed by atoms with Crippen LogP contribution in [0, 0.1) is 0 Å². The van der Waals surface area contributed by atoms with E-state index < -0.39 is 17.6 Å². The van der Waals surface area contributed by atoms with E-state index in [1.54, 1.807) is 73.3 Å². The molecule has 0 atom stereocenters. The Bertz CT molecular complexity index is 1020. The summed E-state index contributed by atoms with van der Waals surface area (Å²) in [5.41, 5.74) is 0.220. The summed E-state index contributed by atoms with van der Waals surface area (Å²) in [6, 6.07) is 1.60. The maximum Gasteiger partial charge on any atom is 0.413 e. The van der Waals surface area contributed by atoms with Crippen molar-refractivity contribution in [3.8, 4) is 0 Å². The molecule has 0 aliphatic heterocycles. The summed E-state index contributed by atoms with van der Waals surface area (Å²) in [5, 5.41) is 8.18. The van der Waals surface area contributed by atoms with Crippen molar-refractivity contribution in [3.63, 3.8) is 0 Å². The predicted octanol–water partition coefficient (Wildman–Crippen LogP) is 3.88. The highest BCUT2D eigenvalue weighted by molar-refractivity contribution is 8.76. The van der Waals surface area contributed by atoms with Gasteiger partial charge in [-0.3, -0.25) is 14.9 Å². The van der Waals surface area contributed by atoms with Crippen molar-refractivity contribution in [2.45, 2.75) is 45.0 Å². The summed E-state index contributed by atoms with van der Waals surface area (Å²) in [6.07, 6.45) is 4.50. The van der Waals surface area contributed by atoms with Gasteiger partial charge in [-0.2, -0.15) is 0 Å². The molecule has 0 unspecified atom stereocenters. The van der Waals surface area contributed by atoms with Gasteiger partial charge in [-0.25, -0.2) is 9.78 Å². The number of carbonyl (C=O) groups excluding carboxylic acids is 3. The molecule has 2 aromatic heterocycles. The largest absolute Gasteiger partial charge is 0.444 e. The number of rotatable bonds is 8. The molecule has 0 fully saturated rings. The minimum atomic E-state index is -0.662. The van der Waals surface area contributed by atoms with Gasteiger partial charge >= 0.3 is 6.09 Å². The van der Waals surface area contributed by atoms with Crippen LogP contribution in [0.4, 0.5) is 16.3 Å². The molecule has 0 saturated carbocycles. The van der Waals surface area contributed by atoms with Gasteiger partial charge in [-0.1, -0.05) is 21.6 Å². The normalized spacial score (nSPS) is 11.8. The molecule has 0 spiro atoms. The van der Waals surface area contributed by atoms with E-state index in [2.05, 4.69) is 34.8 Å². The number of nitrogens with one attached hydrogen (secondary N) is 3. The monoisotopic (exact) mass is 496 g/mol. The summed E-state index contributed by atoms with van der Waals surface area (Å²) in [4.78, 5) is 41.4. The van der Waals surface area contributed by atoms with Crippen LogP contribution in [-0.2, 0) is 18.8 Å². The Labute approximate surface area is 202 Å². The second-order valence-electron chi connectivity index (χ2n) is 9.06. The fourth-order valence-corrected chi connectivity index (χ4v) is 4.94. The Morgan fingerprint density at radius 2 is 1.70 bits per heavy atom. The molecule has 182 valence electrons. The van der Waals surface area contributed by atoms with E-state index in [0.29, 0.717) is 17.9 Å². The van der Waals surface area contributed by atoms with Gasteiger partial charge in [0, 0.05) is 37.8 Å². The minimum absolute atomic E-state index is 0.0896. The van der Waals surface area contributed by atoms with Gasteiger partial charge in [0.05, 0.1) is 5.69 Å². The molecule has 0 aliphatic carbocycles. The Hall–Kier alpha value is -2.60. The highest BCUT2D eigenvalue weighted by atomic mass is 33.1. The molecule has 0 aromatic carbocycles. The van der Waals surface area contributed by atoms with Crippen LogP contribution in [0.3, 0.4) is 0 Å². The first-order valence-corrected chi connectivity index (χ1v) is 12.8. The van der Waals surface area contributed by atoms with Crippen LogP contribution in [0.1, 0.15) is 55.7 Å². The summed E-state index contributed by atoms with van der Waals surface area (Å²) >= 11 is 0. The molecule has 2 aromatic rings. The van der Waals surface area contributed by atoms with Crippen molar-refractivity contribution in [1.82, 2.24) is 19.4 Å². The van der Waals surface area contributed by atoms with Crippen LogP contribution < -0.4 is 16.0 Å². The SMILES string of the molecule is CSSC(C)(C)CNC(=O)c1cc(NC(=O)c2nc(NC(=O)OC(C)(C)C)cn2C)cn1C. The first-order chi connectivity index (χ1) is 15.2. The maximum absolute atomic E-state index is 12.7. The van der Waals surface area contributed by atoms with Crippen LogP contribution in [0.15, 0.2) is 18.5 Å². The first-order valence-electron chi connectivity index (χ1n) is 10.2. The zero-order valence-corrected chi connectivity index (χ0v) is 21.9. The van der Waals surface area contributed by atoms with Gasteiger partial charge in [-0.05, 0) is 46.9 Å². The number of anilines is 2. The van der Waals surface area contributed by atoms with Crippen molar-refractivity contribution < 1.29 is 19.1 Å². The summed E-state index contributed by atoms with van der Waals surface area (Å²) < 4.78 is 8.22. The zero-order valence-electron chi connectivity index (χ0n) is 20.2. The Morgan fingerprint density at radius 3 is 2.30 bits per heavy atom. The molecule has 2 rings (SSSR count). The van der Waals surface area contributed by atoms with Gasteiger partial charge in [0.1, 0.15) is 11.3 Å². The van der Waals surface area contributed by atoms with Gasteiger partial charge in [-0.15, -0.1) is 0 Å². The Balaban J connectivity index is 2.04. The molecule has 2 heterocycles. The molecule has 0 radical (unpaired) electrons. The van der Waals surface area contributed by atoms with Crippen molar-refractivity contribution >= 4 is 51.0 Å². The van der Waals surface area contributed by atoms with Crippen molar-refractivity contribution in [2.75, 3.05) is 23.4 Å². The highest BCUT2D eigenvalue weighted by Crippen LogP contribution is 2.32. The molecule has 0 saturated heterocycles. The molecule has 0 aliphatic rings. The Kier molecular flexibility index (Phi) is 8.52. The van der Waals surface area contributed by atoms with E-state index in [1.165, 1.54) is 10.8 Å². The van der Waals surface area contributed by atoms with Crippen LogP contribution in [0.5, 0.6) is 0 Å². The van der Waals surface area contributed by atoms with E-state index in [-0.39, 0.29) is 22.3 Å². The first kappa shape index (κ1) is 26.7. The Morgan fingerprint density at radius 1 is 1.03 bits per heavy atom. The number of aromatic nitrogens is 3.